The third-order valence-corrected chi connectivity index (χ3v) is 4.28. The topological polar surface area (TPSA) is 81.2 Å². The zero-order valence-corrected chi connectivity index (χ0v) is 12.5. The number of nitrogens with zero attached hydrogens (tertiary/aromatic N) is 2. The normalized spacial score (nSPS) is 11.2. The highest BCUT2D eigenvalue weighted by atomic mass is 35.5. The standard InChI is InChI=1S/C11H9Cl2N3O3S/c1-19-11-10(15-9(13)6-14-11)16-20(17,18)8-5-3-2-4-7(8)12/h2-6H,1H3,(H,15,16). The number of sulfonamides is 1. The zero-order chi connectivity index (χ0) is 14.8. The molecule has 2 aromatic rings. The van der Waals surface area contributed by atoms with Crippen LogP contribution >= 0.6 is 23.2 Å². The van der Waals surface area contributed by atoms with Crippen LogP contribution in [-0.4, -0.2) is 25.5 Å². The molecule has 106 valence electrons. The fourth-order valence-corrected chi connectivity index (χ4v) is 3.07. The van der Waals surface area contributed by atoms with Gasteiger partial charge < -0.3 is 4.74 Å². The Morgan fingerprint density at radius 1 is 1.25 bits per heavy atom. The maximum Gasteiger partial charge on any atom is 0.264 e. The van der Waals surface area contributed by atoms with Gasteiger partial charge in [-0.3, -0.25) is 4.72 Å². The molecule has 0 spiro atoms. The van der Waals surface area contributed by atoms with Crippen molar-refractivity contribution in [2.75, 3.05) is 11.8 Å². The first-order valence-corrected chi connectivity index (χ1v) is 7.52. The van der Waals surface area contributed by atoms with Crippen molar-refractivity contribution < 1.29 is 13.2 Å². The minimum Gasteiger partial charge on any atom is -0.478 e. The second-order valence-corrected chi connectivity index (χ2v) is 6.03. The van der Waals surface area contributed by atoms with Crippen molar-refractivity contribution in [1.82, 2.24) is 9.97 Å². The van der Waals surface area contributed by atoms with Crippen molar-refractivity contribution >= 4 is 39.0 Å². The van der Waals surface area contributed by atoms with E-state index in [1.165, 1.54) is 25.4 Å². The Morgan fingerprint density at radius 3 is 2.60 bits per heavy atom. The molecule has 0 amide bonds. The Kier molecular flexibility index (Phi) is 4.32. The highest BCUT2D eigenvalue weighted by molar-refractivity contribution is 7.92. The lowest BCUT2D eigenvalue weighted by Gasteiger charge is -2.10. The van der Waals surface area contributed by atoms with E-state index >= 15 is 0 Å². The molecule has 0 aliphatic carbocycles. The van der Waals surface area contributed by atoms with Crippen LogP contribution in [-0.2, 0) is 10.0 Å². The van der Waals surface area contributed by atoms with Gasteiger partial charge in [-0.15, -0.1) is 0 Å². The summed E-state index contributed by atoms with van der Waals surface area (Å²) in [5, 5.41) is 0.122. The largest absolute Gasteiger partial charge is 0.478 e. The smallest absolute Gasteiger partial charge is 0.264 e. The molecule has 0 bridgehead atoms. The van der Waals surface area contributed by atoms with E-state index in [2.05, 4.69) is 14.7 Å². The molecule has 0 fully saturated rings. The zero-order valence-electron chi connectivity index (χ0n) is 10.2. The van der Waals surface area contributed by atoms with Gasteiger partial charge in [0.05, 0.1) is 18.3 Å². The van der Waals surface area contributed by atoms with Crippen molar-refractivity contribution in [3.63, 3.8) is 0 Å². The van der Waals surface area contributed by atoms with Gasteiger partial charge in [-0.05, 0) is 12.1 Å². The van der Waals surface area contributed by atoms with Crippen LogP contribution in [0.25, 0.3) is 0 Å². The van der Waals surface area contributed by atoms with Crippen molar-refractivity contribution in [3.05, 3.63) is 40.6 Å². The Hall–Kier alpha value is -1.57. The van der Waals surface area contributed by atoms with Gasteiger partial charge in [0.2, 0.25) is 5.82 Å². The number of anilines is 1. The summed E-state index contributed by atoms with van der Waals surface area (Å²) in [5.74, 6) is -0.107. The molecule has 6 nitrogen and oxygen atoms in total. The molecule has 0 atom stereocenters. The molecule has 1 heterocycles. The molecule has 1 N–H and O–H groups in total. The number of nitrogens with one attached hydrogen (secondary N) is 1. The average Bonchev–Trinajstić information content (AvgIpc) is 2.39. The van der Waals surface area contributed by atoms with Crippen LogP contribution < -0.4 is 9.46 Å². The lowest BCUT2D eigenvalue weighted by Crippen LogP contribution is -2.15. The average molecular weight is 334 g/mol. The number of rotatable bonds is 4. The fraction of sp³-hybridized carbons (Fsp3) is 0.0909. The van der Waals surface area contributed by atoms with E-state index in [0.29, 0.717) is 0 Å². The molecule has 0 aliphatic heterocycles. The molecule has 9 heteroatoms. The van der Waals surface area contributed by atoms with Gasteiger partial charge in [0.25, 0.3) is 15.9 Å². The monoisotopic (exact) mass is 333 g/mol. The predicted octanol–water partition coefficient (Wildman–Crippen LogP) is 2.59. The molecule has 1 aromatic heterocycles. The number of aromatic nitrogens is 2. The van der Waals surface area contributed by atoms with E-state index in [-0.39, 0.29) is 26.8 Å². The lowest BCUT2D eigenvalue weighted by molar-refractivity contribution is 0.398. The Labute approximate surface area is 125 Å². The van der Waals surface area contributed by atoms with Crippen LogP contribution in [0, 0.1) is 0 Å². The first-order chi connectivity index (χ1) is 9.44. The van der Waals surface area contributed by atoms with Gasteiger partial charge in [0, 0.05) is 0 Å². The maximum absolute atomic E-state index is 12.2. The quantitative estimate of drug-likeness (QED) is 0.929. The van der Waals surface area contributed by atoms with Crippen molar-refractivity contribution in [1.29, 1.82) is 0 Å². The summed E-state index contributed by atoms with van der Waals surface area (Å²) in [6.45, 7) is 0. The molecule has 0 aliphatic rings. The molecule has 0 saturated heterocycles. The maximum atomic E-state index is 12.2. The summed E-state index contributed by atoms with van der Waals surface area (Å²) < 4.78 is 31.6. The van der Waals surface area contributed by atoms with Gasteiger partial charge in [-0.2, -0.15) is 0 Å². The van der Waals surface area contributed by atoms with Gasteiger partial charge >= 0.3 is 0 Å². The van der Waals surface area contributed by atoms with Crippen molar-refractivity contribution in [2.45, 2.75) is 4.90 Å². The second-order valence-electron chi connectivity index (χ2n) is 3.59. The number of halogens is 2. The molecular weight excluding hydrogens is 325 g/mol. The third-order valence-electron chi connectivity index (χ3n) is 2.26. The van der Waals surface area contributed by atoms with Crippen LogP contribution in [0.4, 0.5) is 5.82 Å². The molecule has 2 rings (SSSR count). The Bertz CT molecular complexity index is 737. The summed E-state index contributed by atoms with van der Waals surface area (Å²) in [4.78, 5) is 7.57. The number of ether oxygens (including phenoxy) is 1. The van der Waals surface area contributed by atoms with Crippen LogP contribution in [0.15, 0.2) is 35.4 Å². The fourth-order valence-electron chi connectivity index (χ4n) is 1.42. The van der Waals surface area contributed by atoms with Crippen LogP contribution in [0.3, 0.4) is 0 Å². The summed E-state index contributed by atoms with van der Waals surface area (Å²) in [6.07, 6.45) is 1.24. The second kappa shape index (κ2) is 5.82. The third kappa shape index (κ3) is 3.12. The van der Waals surface area contributed by atoms with E-state index < -0.39 is 10.0 Å². The number of hydrogen-bond acceptors (Lipinski definition) is 5. The highest BCUT2D eigenvalue weighted by Gasteiger charge is 2.21. The first kappa shape index (κ1) is 14.8. The number of methoxy groups -OCH3 is 1. The minimum absolute atomic E-state index is 0.00466. The van der Waals surface area contributed by atoms with Crippen LogP contribution in [0.1, 0.15) is 0 Å². The van der Waals surface area contributed by atoms with Crippen LogP contribution in [0.5, 0.6) is 5.88 Å². The molecule has 1 aromatic carbocycles. The van der Waals surface area contributed by atoms with Gasteiger partial charge in [-0.1, -0.05) is 35.3 Å². The van der Waals surface area contributed by atoms with E-state index in [9.17, 15) is 8.42 Å². The SMILES string of the molecule is COc1ncc(Cl)nc1NS(=O)(=O)c1ccccc1Cl. The molecule has 0 unspecified atom stereocenters. The Morgan fingerprint density at radius 2 is 1.95 bits per heavy atom. The molecule has 20 heavy (non-hydrogen) atoms. The van der Waals surface area contributed by atoms with Crippen molar-refractivity contribution in [3.8, 4) is 5.88 Å². The molecule has 0 radical (unpaired) electrons. The summed E-state index contributed by atoms with van der Waals surface area (Å²) in [5.41, 5.74) is 0. The highest BCUT2D eigenvalue weighted by Crippen LogP contribution is 2.26. The molecule has 0 saturated carbocycles. The number of benzene rings is 1. The predicted molar refractivity (Wildman–Crippen MR) is 75.9 cm³/mol. The van der Waals surface area contributed by atoms with Crippen LogP contribution in [0.2, 0.25) is 10.2 Å². The van der Waals surface area contributed by atoms with E-state index in [1.54, 1.807) is 12.1 Å². The summed E-state index contributed by atoms with van der Waals surface area (Å²) in [7, 11) is -2.58. The van der Waals surface area contributed by atoms with Gasteiger partial charge in [0.1, 0.15) is 10.0 Å². The molecular formula is C11H9Cl2N3O3S. The van der Waals surface area contributed by atoms with E-state index in [4.69, 9.17) is 27.9 Å². The summed E-state index contributed by atoms with van der Waals surface area (Å²) >= 11 is 11.6. The summed E-state index contributed by atoms with van der Waals surface area (Å²) in [6, 6.07) is 6.02. The van der Waals surface area contributed by atoms with E-state index in [0.717, 1.165) is 0 Å². The van der Waals surface area contributed by atoms with Crippen molar-refractivity contribution in [2.24, 2.45) is 0 Å². The number of hydrogen-bond donors (Lipinski definition) is 1. The van der Waals surface area contributed by atoms with Gasteiger partial charge in [0.15, 0.2) is 0 Å². The first-order valence-electron chi connectivity index (χ1n) is 5.28. The Balaban J connectivity index is 2.44. The van der Waals surface area contributed by atoms with E-state index in [1.807, 2.05) is 0 Å². The minimum atomic E-state index is -3.92. The lowest BCUT2D eigenvalue weighted by atomic mass is 10.4. The van der Waals surface area contributed by atoms with Gasteiger partial charge in [-0.25, -0.2) is 18.4 Å².